The number of urea groups is 1. The number of hydrogen-bond donors (Lipinski definition) is 4. The normalized spacial score (nSPS) is 10.5. The van der Waals surface area contributed by atoms with Gasteiger partial charge in [-0.3, -0.25) is 14.7 Å². The monoisotopic (exact) mass is 378 g/mol. The van der Waals surface area contributed by atoms with Gasteiger partial charge in [-0.1, -0.05) is 6.92 Å². The van der Waals surface area contributed by atoms with Crippen LogP contribution in [-0.2, 0) is 0 Å². The molecule has 0 aliphatic carbocycles. The Morgan fingerprint density at radius 3 is 2.65 bits per heavy atom. The molecule has 4 N–H and O–H groups in total. The molecule has 0 saturated heterocycles. The first-order chi connectivity index (χ1) is 12.6. The lowest BCUT2D eigenvalue weighted by Gasteiger charge is -2.09. The lowest BCUT2D eigenvalue weighted by molar-refractivity contribution is 0.112. The van der Waals surface area contributed by atoms with Crippen molar-refractivity contribution in [1.29, 1.82) is 0 Å². The van der Waals surface area contributed by atoms with Gasteiger partial charge in [-0.05, 0) is 48.6 Å². The molecule has 0 radical (unpaired) electrons. The number of amides is 2. The zero-order chi connectivity index (χ0) is 18.9. The number of benzene rings is 1. The van der Waals surface area contributed by atoms with Crippen molar-refractivity contribution in [3.05, 3.63) is 40.2 Å². The minimum atomic E-state index is -0.670. The number of hydrogen-bond acceptors (Lipinski definition) is 5. The van der Waals surface area contributed by atoms with Gasteiger partial charge in [0, 0.05) is 12.2 Å². The number of thioether (sulfide) groups is 1. The zero-order valence-corrected chi connectivity index (χ0v) is 15.3. The number of aromatic hydroxyl groups is 1. The Balaban J connectivity index is 1.88. The number of aromatic nitrogens is 2. The van der Waals surface area contributed by atoms with Crippen molar-refractivity contribution < 1.29 is 14.7 Å². The first-order valence-electron chi connectivity index (χ1n) is 8.29. The van der Waals surface area contributed by atoms with Crippen LogP contribution in [0.15, 0.2) is 29.1 Å². The maximum Gasteiger partial charge on any atom is 0.319 e. The second-order valence-corrected chi connectivity index (χ2v) is 6.75. The lowest BCUT2D eigenvalue weighted by atomic mass is 10.3. The standard InChI is InChI=1S/C17H22N4O4S/c1-2-9-26-10-3-8-18-17(25)19-12-4-6-13(7-5-12)21-16(24)14(11-22)15(23)20-21/h4-7,11,24H,2-3,8-10H2,1H3,(H,20,23)(H2,18,19,25). The van der Waals surface area contributed by atoms with Gasteiger partial charge in [-0.25, -0.2) is 9.48 Å². The molecule has 0 fully saturated rings. The Labute approximate surface area is 155 Å². The molecular weight excluding hydrogens is 356 g/mol. The number of carbonyl (C=O) groups excluding carboxylic acids is 2. The number of aromatic amines is 1. The largest absolute Gasteiger partial charge is 0.493 e. The van der Waals surface area contributed by atoms with Gasteiger partial charge >= 0.3 is 6.03 Å². The van der Waals surface area contributed by atoms with Crippen molar-refractivity contribution in [1.82, 2.24) is 15.1 Å². The number of nitrogens with one attached hydrogen (secondary N) is 3. The van der Waals surface area contributed by atoms with Crippen LogP contribution in [0.4, 0.5) is 10.5 Å². The third-order valence-corrected chi connectivity index (χ3v) is 4.79. The summed E-state index contributed by atoms with van der Waals surface area (Å²) in [6, 6.07) is 6.16. The Hall–Kier alpha value is -2.68. The quantitative estimate of drug-likeness (QED) is 0.395. The van der Waals surface area contributed by atoms with Crippen LogP contribution in [0.2, 0.25) is 0 Å². The summed E-state index contributed by atoms with van der Waals surface area (Å²) in [6.07, 6.45) is 2.36. The maximum atomic E-state index is 11.8. The molecule has 1 heterocycles. The van der Waals surface area contributed by atoms with E-state index in [9.17, 15) is 19.5 Å². The van der Waals surface area contributed by atoms with E-state index in [1.807, 2.05) is 11.8 Å². The summed E-state index contributed by atoms with van der Waals surface area (Å²) in [7, 11) is 0. The van der Waals surface area contributed by atoms with Gasteiger partial charge in [-0.2, -0.15) is 11.8 Å². The fourth-order valence-corrected chi connectivity index (χ4v) is 3.06. The van der Waals surface area contributed by atoms with Gasteiger partial charge < -0.3 is 15.7 Å². The maximum absolute atomic E-state index is 11.8. The smallest absolute Gasteiger partial charge is 0.319 e. The zero-order valence-electron chi connectivity index (χ0n) is 14.4. The van der Waals surface area contributed by atoms with Crippen molar-refractivity contribution in [3.63, 3.8) is 0 Å². The molecule has 0 unspecified atom stereocenters. The number of anilines is 1. The van der Waals surface area contributed by atoms with Crippen LogP contribution in [0, 0.1) is 0 Å². The Morgan fingerprint density at radius 1 is 1.31 bits per heavy atom. The highest BCUT2D eigenvalue weighted by Crippen LogP contribution is 2.19. The van der Waals surface area contributed by atoms with Gasteiger partial charge in [0.1, 0.15) is 5.56 Å². The van der Waals surface area contributed by atoms with Crippen molar-refractivity contribution in [3.8, 4) is 11.6 Å². The van der Waals surface area contributed by atoms with Gasteiger partial charge in [0.25, 0.3) is 5.56 Å². The van der Waals surface area contributed by atoms with E-state index in [-0.39, 0.29) is 11.6 Å². The van der Waals surface area contributed by atoms with E-state index < -0.39 is 11.4 Å². The van der Waals surface area contributed by atoms with E-state index in [1.165, 1.54) is 0 Å². The molecule has 2 aromatic rings. The molecule has 0 spiro atoms. The molecule has 26 heavy (non-hydrogen) atoms. The minimum Gasteiger partial charge on any atom is -0.493 e. The summed E-state index contributed by atoms with van der Waals surface area (Å²) in [5, 5.41) is 17.7. The predicted molar refractivity (Wildman–Crippen MR) is 103 cm³/mol. The first-order valence-corrected chi connectivity index (χ1v) is 9.44. The van der Waals surface area contributed by atoms with E-state index in [0.29, 0.717) is 24.2 Å². The second kappa shape index (κ2) is 9.71. The molecule has 2 rings (SSSR count). The Bertz CT molecular complexity index is 798. The molecule has 1 aromatic carbocycles. The van der Waals surface area contributed by atoms with Gasteiger partial charge in [0.15, 0.2) is 6.29 Å². The SMILES string of the molecule is CCCSCCCNC(=O)Nc1ccc(-n2[nH]c(=O)c(C=O)c2O)cc1. The fraction of sp³-hybridized carbons (Fsp3) is 0.353. The number of rotatable bonds is 9. The van der Waals surface area contributed by atoms with Crippen LogP contribution >= 0.6 is 11.8 Å². The van der Waals surface area contributed by atoms with E-state index in [2.05, 4.69) is 22.7 Å². The lowest BCUT2D eigenvalue weighted by Crippen LogP contribution is -2.29. The van der Waals surface area contributed by atoms with Crippen LogP contribution in [0.25, 0.3) is 5.69 Å². The summed E-state index contributed by atoms with van der Waals surface area (Å²) < 4.78 is 1.10. The van der Waals surface area contributed by atoms with Crippen molar-refractivity contribution in [2.24, 2.45) is 0 Å². The summed E-state index contributed by atoms with van der Waals surface area (Å²) >= 11 is 1.87. The molecule has 0 atom stereocenters. The summed E-state index contributed by atoms with van der Waals surface area (Å²) in [5.74, 6) is 1.70. The molecular formula is C17H22N4O4S. The third-order valence-electron chi connectivity index (χ3n) is 3.51. The third kappa shape index (κ3) is 5.16. The number of nitrogens with zero attached hydrogens (tertiary/aromatic N) is 1. The topological polar surface area (TPSA) is 116 Å². The summed E-state index contributed by atoms with van der Waals surface area (Å²) in [4.78, 5) is 34.1. The molecule has 140 valence electrons. The number of H-pyrrole nitrogens is 1. The van der Waals surface area contributed by atoms with E-state index in [0.717, 1.165) is 29.0 Å². The van der Waals surface area contributed by atoms with Crippen molar-refractivity contribution >= 4 is 29.8 Å². The summed E-state index contributed by atoms with van der Waals surface area (Å²) in [6.45, 7) is 2.74. The van der Waals surface area contributed by atoms with Crippen LogP contribution in [0.1, 0.15) is 30.1 Å². The molecule has 0 aliphatic rings. The van der Waals surface area contributed by atoms with Gasteiger partial charge in [-0.15, -0.1) is 0 Å². The van der Waals surface area contributed by atoms with Crippen LogP contribution in [0.5, 0.6) is 5.88 Å². The number of carbonyl (C=O) groups is 2. The van der Waals surface area contributed by atoms with Crippen molar-refractivity contribution in [2.75, 3.05) is 23.4 Å². The second-order valence-electron chi connectivity index (χ2n) is 5.53. The van der Waals surface area contributed by atoms with E-state index in [4.69, 9.17) is 0 Å². The van der Waals surface area contributed by atoms with Crippen LogP contribution in [-0.4, -0.2) is 45.3 Å². The van der Waals surface area contributed by atoms with Crippen LogP contribution < -0.4 is 16.2 Å². The van der Waals surface area contributed by atoms with Gasteiger partial charge in [0.05, 0.1) is 5.69 Å². The Kier molecular flexibility index (Phi) is 7.34. The fourth-order valence-electron chi connectivity index (χ4n) is 2.22. The van der Waals surface area contributed by atoms with Gasteiger partial charge in [0.2, 0.25) is 5.88 Å². The van der Waals surface area contributed by atoms with E-state index >= 15 is 0 Å². The highest BCUT2D eigenvalue weighted by molar-refractivity contribution is 7.99. The molecule has 0 saturated carbocycles. The molecule has 8 nitrogen and oxygen atoms in total. The average Bonchev–Trinajstić information content (AvgIpc) is 2.92. The highest BCUT2D eigenvalue weighted by Gasteiger charge is 2.14. The number of aldehydes is 1. The molecule has 0 aliphatic heterocycles. The molecule has 2 amide bonds. The predicted octanol–water partition coefficient (Wildman–Crippen LogP) is 2.34. The van der Waals surface area contributed by atoms with E-state index in [1.54, 1.807) is 24.3 Å². The van der Waals surface area contributed by atoms with Crippen molar-refractivity contribution in [2.45, 2.75) is 19.8 Å². The van der Waals surface area contributed by atoms with Crippen LogP contribution in [0.3, 0.4) is 0 Å². The molecule has 0 bridgehead atoms. The minimum absolute atomic E-state index is 0.293. The first kappa shape index (κ1) is 19.6. The summed E-state index contributed by atoms with van der Waals surface area (Å²) in [5.41, 5.74) is 0.0164. The Morgan fingerprint density at radius 2 is 2.04 bits per heavy atom. The molecule has 9 heteroatoms. The highest BCUT2D eigenvalue weighted by atomic mass is 32.2. The molecule has 1 aromatic heterocycles. The average molecular weight is 378 g/mol.